The normalized spacial score (nSPS) is 26.2. The summed E-state index contributed by atoms with van der Waals surface area (Å²) in [6.07, 6.45) is -4.69. The van der Waals surface area contributed by atoms with Crippen LogP contribution in [0.2, 0.25) is 0 Å². The van der Waals surface area contributed by atoms with Crippen LogP contribution in [0.1, 0.15) is 32.5 Å². The molecule has 0 radical (unpaired) electrons. The molecule has 4 rings (SSSR count). The van der Waals surface area contributed by atoms with Crippen molar-refractivity contribution in [2.24, 2.45) is 0 Å². The van der Waals surface area contributed by atoms with Crippen molar-refractivity contribution >= 4 is 11.8 Å². The summed E-state index contributed by atoms with van der Waals surface area (Å²) in [5.41, 5.74) is -0.946. The van der Waals surface area contributed by atoms with Crippen LogP contribution in [0, 0.1) is 0 Å². The van der Waals surface area contributed by atoms with E-state index in [1.807, 2.05) is 0 Å². The number of nitrogens with one attached hydrogen (secondary N) is 1. The zero-order valence-electron chi connectivity index (χ0n) is 15.6. The van der Waals surface area contributed by atoms with Crippen LogP contribution in [-0.4, -0.2) is 73.0 Å². The molecule has 2 aliphatic rings. The number of fused-ring (bicyclic) bond motifs is 1. The summed E-state index contributed by atoms with van der Waals surface area (Å²) in [4.78, 5) is 52.4. The van der Waals surface area contributed by atoms with E-state index < -0.39 is 47.6 Å². The highest BCUT2D eigenvalue weighted by Gasteiger charge is 2.39. The van der Waals surface area contributed by atoms with Crippen LogP contribution in [0.5, 0.6) is 0 Å². The first-order valence-corrected chi connectivity index (χ1v) is 9.25. The number of hydrogen-bond acceptors (Lipinski definition) is 8. The largest absolute Gasteiger partial charge is 0.388 e. The number of H-pyrrole nitrogens is 1. The third-order valence-corrected chi connectivity index (χ3v) is 5.27. The fourth-order valence-electron chi connectivity index (χ4n) is 3.60. The van der Waals surface area contributed by atoms with Gasteiger partial charge >= 0.3 is 5.69 Å². The molecule has 0 bridgehead atoms. The molecule has 2 aliphatic heterocycles. The van der Waals surface area contributed by atoms with Crippen LogP contribution < -0.4 is 11.2 Å². The fourth-order valence-corrected chi connectivity index (χ4v) is 3.60. The summed E-state index contributed by atoms with van der Waals surface area (Å²) < 4.78 is 6.15. The smallest absolute Gasteiger partial charge is 0.330 e. The van der Waals surface area contributed by atoms with Gasteiger partial charge in [-0.05, 0) is 18.6 Å². The Bertz CT molecular complexity index is 1090. The second kappa shape index (κ2) is 7.61. The molecule has 1 aromatic heterocycles. The van der Waals surface area contributed by atoms with E-state index in [-0.39, 0.29) is 36.3 Å². The molecule has 4 atom stereocenters. The van der Waals surface area contributed by atoms with Crippen LogP contribution in [0.15, 0.2) is 40.1 Å². The number of aromatic nitrogens is 2. The molecule has 11 heteroatoms. The highest BCUT2D eigenvalue weighted by Crippen LogP contribution is 2.24. The molecular formula is C19H19N3O8. The Morgan fingerprint density at radius 3 is 2.27 bits per heavy atom. The van der Waals surface area contributed by atoms with E-state index in [0.717, 1.165) is 15.7 Å². The molecular weight excluding hydrogens is 398 g/mol. The first-order valence-electron chi connectivity index (χ1n) is 9.25. The molecule has 4 N–H and O–H groups in total. The molecule has 30 heavy (non-hydrogen) atoms. The van der Waals surface area contributed by atoms with E-state index in [1.165, 1.54) is 0 Å². The minimum Gasteiger partial charge on any atom is -0.388 e. The molecule has 2 aromatic rings. The summed E-state index contributed by atoms with van der Waals surface area (Å²) in [6.45, 7) is -0.415. The standard InChI is InChI=1S/C19H19N3O8/c23-12-8-30-18(14(25)13(12)24)22-7-9(15(26)20-19(22)29)5-6-21-16(27)10-3-1-2-4-11(10)17(21)28/h1-4,7,12-14,18,23-25H,5-6,8H2,(H,20,26,29)/t12-,13-,14-,18-/m1/s1. The van der Waals surface area contributed by atoms with Crippen LogP contribution in [0.3, 0.4) is 0 Å². The maximum atomic E-state index is 12.5. The molecule has 1 aromatic carbocycles. The third kappa shape index (κ3) is 3.27. The number of rotatable bonds is 4. The van der Waals surface area contributed by atoms with Crippen molar-refractivity contribution in [1.82, 2.24) is 14.5 Å². The lowest BCUT2D eigenvalue weighted by Gasteiger charge is -2.35. The number of nitrogens with zero attached hydrogens (tertiary/aromatic N) is 2. The molecule has 1 saturated heterocycles. The van der Waals surface area contributed by atoms with Crippen LogP contribution in [0.4, 0.5) is 0 Å². The highest BCUT2D eigenvalue weighted by atomic mass is 16.5. The average molecular weight is 417 g/mol. The van der Waals surface area contributed by atoms with Gasteiger partial charge in [0.25, 0.3) is 17.4 Å². The maximum Gasteiger partial charge on any atom is 0.330 e. The number of hydrogen-bond donors (Lipinski definition) is 4. The number of benzene rings is 1. The van der Waals surface area contributed by atoms with E-state index in [4.69, 9.17) is 4.74 Å². The highest BCUT2D eigenvalue weighted by molar-refractivity contribution is 6.21. The lowest BCUT2D eigenvalue weighted by atomic mass is 10.0. The molecule has 0 saturated carbocycles. The monoisotopic (exact) mass is 417 g/mol. The van der Waals surface area contributed by atoms with Gasteiger partial charge in [-0.2, -0.15) is 0 Å². The Labute approximate surface area is 168 Å². The van der Waals surface area contributed by atoms with Crippen LogP contribution in [-0.2, 0) is 11.2 Å². The summed E-state index contributed by atoms with van der Waals surface area (Å²) in [5, 5.41) is 29.5. The molecule has 2 amide bonds. The van der Waals surface area contributed by atoms with E-state index >= 15 is 0 Å². The summed E-state index contributed by atoms with van der Waals surface area (Å²) in [7, 11) is 0. The number of carbonyl (C=O) groups is 2. The van der Waals surface area contributed by atoms with Gasteiger partial charge in [-0.1, -0.05) is 12.1 Å². The van der Waals surface area contributed by atoms with Crippen LogP contribution >= 0.6 is 0 Å². The van der Waals surface area contributed by atoms with E-state index in [1.54, 1.807) is 24.3 Å². The molecule has 3 heterocycles. The van der Waals surface area contributed by atoms with E-state index in [9.17, 15) is 34.5 Å². The number of aromatic amines is 1. The Balaban J connectivity index is 1.57. The first-order chi connectivity index (χ1) is 14.3. The quantitative estimate of drug-likeness (QED) is 0.415. The minimum absolute atomic E-state index is 0.0466. The third-order valence-electron chi connectivity index (χ3n) is 5.27. The average Bonchev–Trinajstić information content (AvgIpc) is 2.97. The van der Waals surface area contributed by atoms with Crippen molar-refractivity contribution in [2.45, 2.75) is 31.0 Å². The summed E-state index contributed by atoms with van der Waals surface area (Å²) in [6, 6.07) is 6.39. The Morgan fingerprint density at radius 1 is 1.00 bits per heavy atom. The molecule has 1 fully saturated rings. The molecule has 0 unspecified atom stereocenters. The zero-order chi connectivity index (χ0) is 21.6. The zero-order valence-corrected chi connectivity index (χ0v) is 15.6. The van der Waals surface area contributed by atoms with Crippen molar-refractivity contribution < 1.29 is 29.6 Å². The van der Waals surface area contributed by atoms with Crippen molar-refractivity contribution in [3.05, 3.63) is 68.0 Å². The van der Waals surface area contributed by atoms with Gasteiger partial charge in [-0.25, -0.2) is 4.79 Å². The molecule has 0 spiro atoms. The number of aliphatic hydroxyl groups is 3. The van der Waals surface area contributed by atoms with Gasteiger partial charge < -0.3 is 20.1 Å². The number of carbonyl (C=O) groups excluding carboxylic acids is 2. The second-order valence-corrected chi connectivity index (χ2v) is 7.15. The minimum atomic E-state index is -1.61. The lowest BCUT2D eigenvalue weighted by Crippen LogP contribution is -2.53. The Morgan fingerprint density at radius 2 is 1.63 bits per heavy atom. The predicted octanol–water partition coefficient (Wildman–Crippen LogP) is -2.01. The second-order valence-electron chi connectivity index (χ2n) is 7.15. The molecule has 158 valence electrons. The molecule has 0 aliphatic carbocycles. The number of imide groups is 1. The van der Waals surface area contributed by atoms with Crippen molar-refractivity contribution in [1.29, 1.82) is 0 Å². The number of ether oxygens (including phenoxy) is 1. The van der Waals surface area contributed by atoms with Gasteiger partial charge in [-0.3, -0.25) is 28.8 Å². The van der Waals surface area contributed by atoms with Gasteiger partial charge in [-0.15, -0.1) is 0 Å². The number of amides is 2. The fraction of sp³-hybridized carbons (Fsp3) is 0.368. The summed E-state index contributed by atoms with van der Waals surface area (Å²) >= 11 is 0. The van der Waals surface area contributed by atoms with Gasteiger partial charge in [0.1, 0.15) is 18.3 Å². The van der Waals surface area contributed by atoms with Crippen molar-refractivity contribution in [3.8, 4) is 0 Å². The Hall–Kier alpha value is -3.12. The van der Waals surface area contributed by atoms with Crippen molar-refractivity contribution in [2.75, 3.05) is 13.2 Å². The maximum absolute atomic E-state index is 12.5. The van der Waals surface area contributed by atoms with Gasteiger partial charge in [0, 0.05) is 18.3 Å². The topological polar surface area (TPSA) is 162 Å². The van der Waals surface area contributed by atoms with Crippen LogP contribution in [0.25, 0.3) is 0 Å². The SMILES string of the molecule is O=C1c2ccccc2C(=O)N1CCc1cn([C@@H]2OC[C@@H](O)[C@@H](O)[C@H]2O)c(=O)[nH]c1=O. The summed E-state index contributed by atoms with van der Waals surface area (Å²) in [5.74, 6) is -0.938. The van der Waals surface area contributed by atoms with Gasteiger partial charge in [0.05, 0.1) is 17.7 Å². The Kier molecular flexibility index (Phi) is 5.12. The van der Waals surface area contributed by atoms with E-state index in [0.29, 0.717) is 0 Å². The molecule has 11 nitrogen and oxygen atoms in total. The lowest BCUT2D eigenvalue weighted by molar-refractivity contribution is -0.212. The van der Waals surface area contributed by atoms with E-state index in [2.05, 4.69) is 4.98 Å². The van der Waals surface area contributed by atoms with Crippen molar-refractivity contribution in [3.63, 3.8) is 0 Å². The van der Waals surface area contributed by atoms with Gasteiger partial charge in [0.2, 0.25) is 0 Å². The van der Waals surface area contributed by atoms with Gasteiger partial charge in [0.15, 0.2) is 6.23 Å². The number of aliphatic hydroxyl groups excluding tert-OH is 3. The first kappa shape index (κ1) is 20.2. The predicted molar refractivity (Wildman–Crippen MR) is 99.8 cm³/mol.